The second kappa shape index (κ2) is 5.50. The van der Waals surface area contributed by atoms with Crippen molar-refractivity contribution in [2.75, 3.05) is 19.6 Å². The van der Waals surface area contributed by atoms with Gasteiger partial charge < -0.3 is 14.6 Å². The molecular formula is C11H15BrN2O2. The van der Waals surface area contributed by atoms with Crippen LogP contribution in [0.1, 0.15) is 18.6 Å². The molecule has 0 radical (unpaired) electrons. The predicted molar refractivity (Wildman–Crippen MR) is 63.9 cm³/mol. The van der Waals surface area contributed by atoms with Crippen molar-refractivity contribution in [3.63, 3.8) is 0 Å². The van der Waals surface area contributed by atoms with Crippen molar-refractivity contribution in [1.82, 2.24) is 10.2 Å². The van der Waals surface area contributed by atoms with Crippen LogP contribution in [0.5, 0.6) is 0 Å². The summed E-state index contributed by atoms with van der Waals surface area (Å²) >= 11 is 3.24. The third-order valence-corrected chi connectivity index (χ3v) is 3.09. The molecule has 0 unspecified atom stereocenters. The van der Waals surface area contributed by atoms with Crippen LogP contribution in [0.3, 0.4) is 0 Å². The molecule has 1 aromatic rings. The van der Waals surface area contributed by atoms with Gasteiger partial charge in [0.05, 0.1) is 13.1 Å². The van der Waals surface area contributed by atoms with Crippen molar-refractivity contribution in [2.45, 2.75) is 19.4 Å². The maximum Gasteiger partial charge on any atom is 0.236 e. The van der Waals surface area contributed by atoms with E-state index in [-0.39, 0.29) is 5.91 Å². The third kappa shape index (κ3) is 3.09. The van der Waals surface area contributed by atoms with Gasteiger partial charge in [0, 0.05) is 13.1 Å². The zero-order chi connectivity index (χ0) is 11.4. The van der Waals surface area contributed by atoms with Gasteiger partial charge in [-0.3, -0.25) is 4.79 Å². The lowest BCUT2D eigenvalue weighted by Gasteiger charge is -2.14. The lowest BCUT2D eigenvalue weighted by molar-refractivity contribution is -0.129. The van der Waals surface area contributed by atoms with E-state index in [9.17, 15) is 4.79 Å². The van der Waals surface area contributed by atoms with Crippen LogP contribution in [0.15, 0.2) is 21.2 Å². The van der Waals surface area contributed by atoms with Gasteiger partial charge in [-0.1, -0.05) is 0 Å². The molecule has 88 valence electrons. The van der Waals surface area contributed by atoms with Crippen LogP contribution in [0, 0.1) is 0 Å². The average molecular weight is 287 g/mol. The Hall–Kier alpha value is -0.810. The Morgan fingerprint density at radius 3 is 2.81 bits per heavy atom. The number of hydrogen-bond acceptors (Lipinski definition) is 3. The molecule has 1 amide bonds. The number of carbonyl (C=O) groups excluding carboxylic acids is 1. The van der Waals surface area contributed by atoms with Gasteiger partial charge >= 0.3 is 0 Å². The molecule has 1 N–H and O–H groups in total. The highest BCUT2D eigenvalue weighted by Crippen LogP contribution is 2.13. The summed E-state index contributed by atoms with van der Waals surface area (Å²) < 4.78 is 6.04. The Labute approximate surface area is 103 Å². The topological polar surface area (TPSA) is 45.5 Å². The molecule has 5 heteroatoms. The van der Waals surface area contributed by atoms with Gasteiger partial charge in [-0.05, 0) is 40.9 Å². The first-order chi connectivity index (χ1) is 7.75. The number of carbonyl (C=O) groups is 1. The molecule has 4 nitrogen and oxygen atoms in total. The summed E-state index contributed by atoms with van der Waals surface area (Å²) in [6.45, 7) is 2.79. The van der Waals surface area contributed by atoms with Crippen LogP contribution in [0.4, 0.5) is 0 Å². The van der Waals surface area contributed by atoms with Crippen molar-refractivity contribution < 1.29 is 9.21 Å². The number of nitrogens with zero attached hydrogens (tertiary/aromatic N) is 1. The number of amides is 1. The molecule has 0 spiro atoms. The van der Waals surface area contributed by atoms with Gasteiger partial charge in [0.1, 0.15) is 5.76 Å². The fourth-order valence-corrected chi connectivity index (χ4v) is 2.16. The number of likely N-dealkylation sites (tertiary alicyclic amines) is 1. The number of rotatable bonds is 4. The lowest BCUT2D eigenvalue weighted by Crippen LogP contribution is -2.35. The molecule has 0 bridgehead atoms. The second-order valence-electron chi connectivity index (χ2n) is 3.90. The SMILES string of the molecule is O=C(CNCc1ccc(Br)o1)N1CCCC1. The Balaban J connectivity index is 1.69. The van der Waals surface area contributed by atoms with Crippen LogP contribution in [0.25, 0.3) is 0 Å². The van der Waals surface area contributed by atoms with Crippen LogP contribution < -0.4 is 5.32 Å². The molecule has 2 rings (SSSR count). The summed E-state index contributed by atoms with van der Waals surface area (Å²) in [7, 11) is 0. The van der Waals surface area contributed by atoms with Crippen LogP contribution >= 0.6 is 15.9 Å². The minimum absolute atomic E-state index is 0.183. The average Bonchev–Trinajstić information content (AvgIpc) is 2.89. The van der Waals surface area contributed by atoms with Gasteiger partial charge in [0.2, 0.25) is 5.91 Å². The molecule has 0 saturated carbocycles. The quantitative estimate of drug-likeness (QED) is 0.917. The van der Waals surface area contributed by atoms with Crippen molar-refractivity contribution >= 4 is 21.8 Å². The molecule has 1 aliphatic rings. The van der Waals surface area contributed by atoms with Gasteiger partial charge in [-0.2, -0.15) is 0 Å². The summed E-state index contributed by atoms with van der Waals surface area (Å²) in [6.07, 6.45) is 2.27. The predicted octanol–water partition coefficient (Wildman–Crippen LogP) is 1.75. The Bertz CT molecular complexity index is 359. The molecule has 1 saturated heterocycles. The van der Waals surface area contributed by atoms with Crippen molar-refractivity contribution in [3.8, 4) is 0 Å². The van der Waals surface area contributed by atoms with Crippen molar-refractivity contribution in [3.05, 3.63) is 22.6 Å². The molecule has 0 atom stereocenters. The van der Waals surface area contributed by atoms with E-state index in [4.69, 9.17) is 4.42 Å². The van der Waals surface area contributed by atoms with Gasteiger partial charge in [0.15, 0.2) is 4.67 Å². The van der Waals surface area contributed by atoms with E-state index < -0.39 is 0 Å². The van der Waals surface area contributed by atoms with E-state index in [1.54, 1.807) is 0 Å². The van der Waals surface area contributed by atoms with E-state index in [2.05, 4.69) is 21.2 Å². The molecule has 1 aromatic heterocycles. The highest BCUT2D eigenvalue weighted by Gasteiger charge is 2.16. The van der Waals surface area contributed by atoms with E-state index in [0.717, 1.165) is 36.4 Å². The minimum atomic E-state index is 0.183. The Kier molecular flexibility index (Phi) is 4.01. The van der Waals surface area contributed by atoms with Crippen molar-refractivity contribution in [1.29, 1.82) is 0 Å². The van der Waals surface area contributed by atoms with Gasteiger partial charge in [-0.15, -0.1) is 0 Å². The summed E-state index contributed by atoms with van der Waals surface area (Å²) in [5.74, 6) is 1.02. The zero-order valence-corrected chi connectivity index (χ0v) is 10.6. The normalized spacial score (nSPS) is 15.7. The first kappa shape index (κ1) is 11.7. The number of furan rings is 1. The molecule has 0 aliphatic carbocycles. The minimum Gasteiger partial charge on any atom is -0.453 e. The maximum atomic E-state index is 11.7. The molecule has 1 aliphatic heterocycles. The van der Waals surface area contributed by atoms with Gasteiger partial charge in [0.25, 0.3) is 0 Å². The summed E-state index contributed by atoms with van der Waals surface area (Å²) in [6, 6.07) is 3.73. The highest BCUT2D eigenvalue weighted by molar-refractivity contribution is 9.10. The lowest BCUT2D eigenvalue weighted by atomic mass is 10.4. The summed E-state index contributed by atoms with van der Waals surface area (Å²) in [5, 5.41) is 3.09. The Morgan fingerprint density at radius 2 is 2.19 bits per heavy atom. The fraction of sp³-hybridized carbons (Fsp3) is 0.545. The van der Waals surface area contributed by atoms with Crippen LogP contribution in [-0.4, -0.2) is 30.4 Å². The van der Waals surface area contributed by atoms with Crippen LogP contribution in [-0.2, 0) is 11.3 Å². The molecule has 0 aromatic carbocycles. The molecule has 16 heavy (non-hydrogen) atoms. The fourth-order valence-electron chi connectivity index (χ4n) is 1.82. The maximum absolute atomic E-state index is 11.7. The van der Waals surface area contributed by atoms with E-state index in [0.29, 0.717) is 13.1 Å². The second-order valence-corrected chi connectivity index (χ2v) is 4.68. The number of hydrogen-bond donors (Lipinski definition) is 1. The van der Waals surface area contributed by atoms with E-state index in [1.165, 1.54) is 0 Å². The van der Waals surface area contributed by atoms with Crippen LogP contribution in [0.2, 0.25) is 0 Å². The number of halogens is 1. The Morgan fingerprint density at radius 1 is 1.44 bits per heavy atom. The largest absolute Gasteiger partial charge is 0.453 e. The van der Waals surface area contributed by atoms with E-state index >= 15 is 0 Å². The first-order valence-corrected chi connectivity index (χ1v) is 6.28. The number of nitrogens with one attached hydrogen (secondary N) is 1. The smallest absolute Gasteiger partial charge is 0.236 e. The van der Waals surface area contributed by atoms with Gasteiger partial charge in [-0.25, -0.2) is 0 Å². The standard InChI is InChI=1S/C11H15BrN2O2/c12-10-4-3-9(16-10)7-13-8-11(15)14-5-1-2-6-14/h3-4,13H,1-2,5-8H2. The third-order valence-electron chi connectivity index (χ3n) is 2.66. The monoisotopic (exact) mass is 286 g/mol. The zero-order valence-electron chi connectivity index (χ0n) is 9.04. The first-order valence-electron chi connectivity index (χ1n) is 5.48. The highest BCUT2D eigenvalue weighted by atomic mass is 79.9. The molecular weight excluding hydrogens is 272 g/mol. The van der Waals surface area contributed by atoms with E-state index in [1.807, 2.05) is 17.0 Å². The molecule has 1 fully saturated rings. The summed E-state index contributed by atoms with van der Waals surface area (Å²) in [4.78, 5) is 13.6. The molecule has 2 heterocycles. The van der Waals surface area contributed by atoms with Crippen molar-refractivity contribution in [2.24, 2.45) is 0 Å². The summed E-state index contributed by atoms with van der Waals surface area (Å²) in [5.41, 5.74) is 0.